The van der Waals surface area contributed by atoms with E-state index in [0.29, 0.717) is 11.1 Å². The summed E-state index contributed by atoms with van der Waals surface area (Å²) in [5.74, 6) is -0.245. The molecule has 0 bridgehead atoms. The second kappa shape index (κ2) is 7.52. The number of hydrogen-bond acceptors (Lipinski definition) is 3. The smallest absolute Gasteiger partial charge is 0.189 e. The summed E-state index contributed by atoms with van der Waals surface area (Å²) in [6, 6.07) is 26.8. The molecule has 0 amide bonds. The first-order valence-corrected chi connectivity index (χ1v) is 8.84. The van der Waals surface area contributed by atoms with Gasteiger partial charge < -0.3 is 4.74 Å². The molecule has 3 nitrogen and oxygen atoms in total. The number of hydrogen-bond donors (Lipinski definition) is 0. The molecule has 0 aromatic heterocycles. The van der Waals surface area contributed by atoms with Gasteiger partial charge in [-0.25, -0.2) is 0 Å². The maximum absolute atomic E-state index is 12.5. The van der Waals surface area contributed by atoms with E-state index < -0.39 is 0 Å². The van der Waals surface area contributed by atoms with Crippen LogP contribution in [0.25, 0.3) is 22.3 Å². The van der Waals surface area contributed by atoms with Crippen LogP contribution in [0, 0.1) is 0 Å². The van der Waals surface area contributed by atoms with Crippen molar-refractivity contribution in [1.82, 2.24) is 0 Å². The Hall–Kier alpha value is -3.30. The number of ketones is 2. The lowest BCUT2D eigenvalue weighted by atomic mass is 10.1. The summed E-state index contributed by atoms with van der Waals surface area (Å²) in [5.41, 5.74) is 5.06. The molecule has 0 saturated heterocycles. The fraction of sp³-hybridized carbons (Fsp3) is 0.0833. The highest BCUT2D eigenvalue weighted by Gasteiger charge is 2.18. The predicted octanol–water partition coefficient (Wildman–Crippen LogP) is 4.98. The van der Waals surface area contributed by atoms with Gasteiger partial charge in [0.05, 0.1) is 0 Å². The fourth-order valence-electron chi connectivity index (χ4n) is 3.31. The predicted molar refractivity (Wildman–Crippen MR) is 106 cm³/mol. The van der Waals surface area contributed by atoms with Crippen molar-refractivity contribution in [3.8, 4) is 22.3 Å². The number of rotatable bonds is 6. The van der Waals surface area contributed by atoms with E-state index >= 15 is 0 Å². The SMILES string of the molecule is O=C(COCC(=O)c1ccc2cccccc1-2)c1ccc2cccccc1-2. The molecular formula is C24H18O3. The third kappa shape index (κ3) is 3.50. The van der Waals surface area contributed by atoms with E-state index in [-0.39, 0.29) is 24.8 Å². The van der Waals surface area contributed by atoms with E-state index in [1.165, 1.54) is 0 Å². The lowest BCUT2D eigenvalue weighted by Gasteiger charge is -2.05. The summed E-state index contributed by atoms with van der Waals surface area (Å²) in [6.45, 7) is -0.230. The van der Waals surface area contributed by atoms with Crippen LogP contribution in [0.4, 0.5) is 0 Å². The molecule has 0 unspecified atom stereocenters. The highest BCUT2D eigenvalue weighted by molar-refractivity contribution is 6.06. The average Bonchev–Trinajstić information content (AvgIpc) is 3.08. The molecule has 132 valence electrons. The summed E-state index contributed by atoms with van der Waals surface area (Å²) in [6.07, 6.45) is 0. The summed E-state index contributed by atoms with van der Waals surface area (Å²) in [5, 5.41) is 0. The molecule has 0 radical (unpaired) electrons. The van der Waals surface area contributed by atoms with E-state index in [2.05, 4.69) is 0 Å². The van der Waals surface area contributed by atoms with Gasteiger partial charge in [0.1, 0.15) is 13.2 Å². The maximum Gasteiger partial charge on any atom is 0.189 e. The molecule has 0 aromatic rings. The van der Waals surface area contributed by atoms with Gasteiger partial charge >= 0.3 is 0 Å². The van der Waals surface area contributed by atoms with Crippen LogP contribution in [0.2, 0.25) is 0 Å². The van der Waals surface area contributed by atoms with E-state index in [9.17, 15) is 9.59 Å². The van der Waals surface area contributed by atoms with Gasteiger partial charge in [-0.05, 0) is 22.3 Å². The van der Waals surface area contributed by atoms with Crippen molar-refractivity contribution >= 4 is 11.6 Å². The summed E-state index contributed by atoms with van der Waals surface area (Å²) < 4.78 is 5.45. The van der Waals surface area contributed by atoms with Gasteiger partial charge in [-0.2, -0.15) is 0 Å². The van der Waals surface area contributed by atoms with E-state index in [1.54, 1.807) is 0 Å². The van der Waals surface area contributed by atoms with Crippen LogP contribution >= 0.6 is 0 Å². The molecule has 0 saturated carbocycles. The van der Waals surface area contributed by atoms with Crippen LogP contribution in [0.15, 0.2) is 84.9 Å². The van der Waals surface area contributed by atoms with Gasteiger partial charge in [0.2, 0.25) is 0 Å². The van der Waals surface area contributed by atoms with Crippen LogP contribution < -0.4 is 0 Å². The zero-order valence-corrected chi connectivity index (χ0v) is 14.7. The molecule has 27 heavy (non-hydrogen) atoms. The summed E-state index contributed by atoms with van der Waals surface area (Å²) in [7, 11) is 0. The Bertz CT molecular complexity index is 966. The first-order valence-electron chi connectivity index (χ1n) is 8.84. The van der Waals surface area contributed by atoms with Crippen LogP contribution in [0.1, 0.15) is 20.7 Å². The monoisotopic (exact) mass is 354 g/mol. The van der Waals surface area contributed by atoms with Crippen molar-refractivity contribution in [2.24, 2.45) is 0 Å². The molecule has 0 aromatic carbocycles. The number of Topliss-reactive ketones (excluding diaryl/α,β-unsaturated/α-hetero) is 2. The summed E-state index contributed by atoms with van der Waals surface area (Å²) >= 11 is 0. The minimum Gasteiger partial charge on any atom is -0.365 e. The van der Waals surface area contributed by atoms with Gasteiger partial charge in [-0.15, -0.1) is 0 Å². The van der Waals surface area contributed by atoms with E-state index in [1.807, 2.05) is 84.9 Å². The standard InChI is InChI=1S/C24H18O3/c25-23(21-13-11-17-7-3-1-5-9-19(17)21)15-27-16-24(26)22-14-12-18-8-4-2-6-10-20(18)22/h1-14H,15-16H2. The molecule has 0 heterocycles. The third-order valence-electron chi connectivity index (χ3n) is 4.65. The van der Waals surface area contributed by atoms with Crippen molar-refractivity contribution in [3.05, 3.63) is 96.1 Å². The molecule has 4 aliphatic carbocycles. The van der Waals surface area contributed by atoms with Crippen LogP contribution in [-0.2, 0) is 4.74 Å². The van der Waals surface area contributed by atoms with Crippen LogP contribution in [-0.4, -0.2) is 24.8 Å². The highest BCUT2D eigenvalue weighted by Crippen LogP contribution is 2.28. The Kier molecular flexibility index (Phi) is 4.77. The fourth-order valence-corrected chi connectivity index (χ4v) is 3.31. The Morgan fingerprint density at radius 2 is 1.00 bits per heavy atom. The first kappa shape index (κ1) is 17.1. The minimum absolute atomic E-state index is 0.115. The van der Waals surface area contributed by atoms with Crippen molar-refractivity contribution in [2.45, 2.75) is 0 Å². The van der Waals surface area contributed by atoms with Gasteiger partial charge in [-0.3, -0.25) is 9.59 Å². The molecule has 0 spiro atoms. The van der Waals surface area contributed by atoms with Gasteiger partial charge in [0, 0.05) is 11.1 Å². The van der Waals surface area contributed by atoms with Crippen molar-refractivity contribution < 1.29 is 14.3 Å². The normalized spacial score (nSPS) is 11.0. The van der Waals surface area contributed by atoms with E-state index in [0.717, 1.165) is 22.3 Å². The molecule has 4 rings (SSSR count). The molecule has 4 aliphatic rings. The molecule has 0 N–H and O–H groups in total. The average molecular weight is 354 g/mol. The lowest BCUT2D eigenvalue weighted by Crippen LogP contribution is -2.15. The molecule has 0 aliphatic heterocycles. The van der Waals surface area contributed by atoms with Crippen molar-refractivity contribution in [3.63, 3.8) is 0 Å². The molecule has 0 atom stereocenters. The topological polar surface area (TPSA) is 43.4 Å². The molecule has 3 heteroatoms. The van der Waals surface area contributed by atoms with Gasteiger partial charge in [0.25, 0.3) is 0 Å². The first-order chi connectivity index (χ1) is 13.2. The van der Waals surface area contributed by atoms with Crippen molar-refractivity contribution in [2.75, 3.05) is 13.2 Å². The maximum atomic E-state index is 12.5. The molecule has 0 fully saturated rings. The Balaban J connectivity index is 1.41. The second-order valence-corrected chi connectivity index (χ2v) is 6.39. The second-order valence-electron chi connectivity index (χ2n) is 6.39. The van der Waals surface area contributed by atoms with Gasteiger partial charge in [-0.1, -0.05) is 84.9 Å². The highest BCUT2D eigenvalue weighted by atomic mass is 16.5. The third-order valence-corrected chi connectivity index (χ3v) is 4.65. The lowest BCUT2D eigenvalue weighted by molar-refractivity contribution is 0.0673. The molecular weight excluding hydrogens is 336 g/mol. The number of carbonyl (C=O) groups is 2. The quantitative estimate of drug-likeness (QED) is 0.459. The largest absolute Gasteiger partial charge is 0.365 e. The number of ether oxygens (including phenoxy) is 1. The Morgan fingerprint density at radius 3 is 1.48 bits per heavy atom. The zero-order chi connectivity index (χ0) is 18.6. The number of fused-ring (bicyclic) bond motifs is 2. The minimum atomic E-state index is -0.122. The van der Waals surface area contributed by atoms with E-state index in [4.69, 9.17) is 4.74 Å². The zero-order valence-electron chi connectivity index (χ0n) is 14.7. The Labute approximate surface area is 157 Å². The van der Waals surface area contributed by atoms with Crippen LogP contribution in [0.3, 0.4) is 0 Å². The van der Waals surface area contributed by atoms with Crippen LogP contribution in [0.5, 0.6) is 0 Å². The van der Waals surface area contributed by atoms with Gasteiger partial charge in [0.15, 0.2) is 11.6 Å². The summed E-state index contributed by atoms with van der Waals surface area (Å²) in [4.78, 5) is 25.0. The Morgan fingerprint density at radius 1 is 0.556 bits per heavy atom. The van der Waals surface area contributed by atoms with Crippen molar-refractivity contribution in [1.29, 1.82) is 0 Å². The number of carbonyl (C=O) groups excluding carboxylic acids is 2.